The Morgan fingerprint density at radius 3 is 1.01 bits per heavy atom. The van der Waals surface area contributed by atoms with Crippen LogP contribution < -0.4 is 0 Å². The van der Waals surface area contributed by atoms with E-state index in [9.17, 15) is 43.2 Å². The normalized spacial score (nSPS) is 14.3. The van der Waals surface area contributed by atoms with Crippen molar-refractivity contribution in [1.29, 1.82) is 0 Å². The van der Waals surface area contributed by atoms with E-state index in [-0.39, 0.29) is 26.1 Å². The molecule has 100 heavy (non-hydrogen) atoms. The number of esters is 2. The summed E-state index contributed by atoms with van der Waals surface area (Å²) in [6.45, 7) is 2.48. The Morgan fingerprint density at radius 1 is 0.330 bits per heavy atom. The molecule has 0 aliphatic carbocycles. The first kappa shape index (κ1) is 96.8. The van der Waals surface area contributed by atoms with Crippen molar-refractivity contribution in [3.63, 3.8) is 0 Å². The third-order valence-electron chi connectivity index (χ3n) is 17.1. The molecule has 0 aliphatic rings. The van der Waals surface area contributed by atoms with Crippen LogP contribution in [0.3, 0.4) is 0 Å². The summed E-state index contributed by atoms with van der Waals surface area (Å²) >= 11 is 0. The van der Waals surface area contributed by atoms with Crippen LogP contribution in [0, 0.1) is 0 Å². The first-order valence-corrected chi connectivity index (χ1v) is 43.1. The number of aliphatic hydroxyl groups excluding tert-OH is 1. The summed E-state index contributed by atoms with van der Waals surface area (Å²) in [5, 5.41) is 10.7. The van der Waals surface area contributed by atoms with Gasteiger partial charge in [-0.2, -0.15) is 0 Å². The summed E-state index contributed by atoms with van der Waals surface area (Å²) in [5.74, 6) is -1.06. The summed E-state index contributed by atoms with van der Waals surface area (Å²) in [5.41, 5.74) is 0. The molecule has 0 spiro atoms. The maximum Gasteiger partial charge on any atom is 0.472 e. The zero-order valence-corrected chi connectivity index (χ0v) is 65.0. The van der Waals surface area contributed by atoms with Crippen LogP contribution >= 0.6 is 15.6 Å². The van der Waals surface area contributed by atoms with Gasteiger partial charge in [0.25, 0.3) is 0 Å². The van der Waals surface area contributed by atoms with Crippen LogP contribution in [0.4, 0.5) is 0 Å². The average Bonchev–Trinajstić information content (AvgIpc) is 1.02. The van der Waals surface area contributed by atoms with Gasteiger partial charge in [-0.3, -0.25) is 27.7 Å². The van der Waals surface area contributed by atoms with E-state index < -0.39 is 72.3 Å². The molecule has 0 amide bonds. The largest absolute Gasteiger partial charge is 0.472 e. The summed E-state index contributed by atoms with van der Waals surface area (Å²) < 4.78 is 70.0. The summed E-state index contributed by atoms with van der Waals surface area (Å²) in [4.78, 5) is 68.1. The van der Waals surface area contributed by atoms with Crippen LogP contribution in [-0.2, 0) is 65.4 Å². The minimum Gasteiger partial charge on any atom is -0.462 e. The van der Waals surface area contributed by atoms with Crippen molar-refractivity contribution in [3.05, 3.63) is 72.9 Å². The highest BCUT2D eigenvalue weighted by molar-refractivity contribution is 7.47. The molecule has 0 aromatic rings. The quantitative estimate of drug-likeness (QED) is 0.0169. The maximum atomic E-state index is 13.1. The fourth-order valence-corrected chi connectivity index (χ4v) is 12.6. The second-order valence-corrected chi connectivity index (χ2v) is 29.8. The van der Waals surface area contributed by atoms with Crippen molar-refractivity contribution in [2.24, 2.45) is 0 Å². The first-order valence-electron chi connectivity index (χ1n) is 40.1. The van der Waals surface area contributed by atoms with Crippen molar-refractivity contribution < 1.29 is 80.2 Å². The highest BCUT2D eigenvalue weighted by Crippen LogP contribution is 2.45. The number of phosphoric ester groups is 2. The molecule has 17 nitrogen and oxygen atoms in total. The molecule has 0 saturated carbocycles. The molecule has 0 aromatic heterocycles. The van der Waals surface area contributed by atoms with E-state index in [1.54, 1.807) is 0 Å². The highest BCUT2D eigenvalue weighted by Gasteiger charge is 2.30. The minimum atomic E-state index is -4.92. The summed E-state index contributed by atoms with van der Waals surface area (Å²) in [6.07, 6.45) is 78.5. The van der Waals surface area contributed by atoms with E-state index in [0.29, 0.717) is 38.9 Å². The second-order valence-electron chi connectivity index (χ2n) is 26.9. The molecule has 2 unspecified atom stereocenters. The van der Waals surface area contributed by atoms with Crippen LogP contribution in [0.25, 0.3) is 0 Å². The Balaban J connectivity index is 5.22. The molecule has 0 fully saturated rings. The Bertz CT molecular complexity index is 2110. The third-order valence-corrected chi connectivity index (χ3v) is 19.1. The van der Waals surface area contributed by atoms with Gasteiger partial charge >= 0.3 is 27.6 Å². The summed E-state index contributed by atoms with van der Waals surface area (Å²) in [7, 11) is -9.69. The number of aldehydes is 2. The van der Waals surface area contributed by atoms with Gasteiger partial charge in [0.15, 0.2) is 6.10 Å². The van der Waals surface area contributed by atoms with Gasteiger partial charge in [-0.1, -0.05) is 241 Å². The lowest BCUT2D eigenvalue weighted by molar-refractivity contribution is -0.161. The molecule has 0 saturated heterocycles. The number of ether oxygens (including phenoxy) is 4. The molecule has 19 heteroatoms. The number of aliphatic hydroxyl groups is 1. The number of rotatable bonds is 80. The fraction of sp³-hybridized carbons (Fsp3) is 0.802. The Kier molecular flexibility index (Phi) is 74.5. The smallest absolute Gasteiger partial charge is 0.462 e. The second kappa shape index (κ2) is 76.9. The molecule has 5 atom stereocenters. The van der Waals surface area contributed by atoms with Gasteiger partial charge in [0.2, 0.25) is 0 Å². The van der Waals surface area contributed by atoms with E-state index in [4.69, 9.17) is 37.0 Å². The molecule has 0 radical (unpaired) electrons. The van der Waals surface area contributed by atoms with Gasteiger partial charge in [0, 0.05) is 38.9 Å². The van der Waals surface area contributed by atoms with Crippen LogP contribution in [0.2, 0.25) is 0 Å². The molecule has 3 N–H and O–H groups in total. The van der Waals surface area contributed by atoms with Crippen molar-refractivity contribution >= 4 is 40.2 Å². The van der Waals surface area contributed by atoms with Gasteiger partial charge in [0.1, 0.15) is 31.4 Å². The highest BCUT2D eigenvalue weighted by atomic mass is 31.2. The molecule has 0 rings (SSSR count). The Labute approximate surface area is 609 Å². The zero-order valence-electron chi connectivity index (χ0n) is 63.2. The molecule has 0 bridgehead atoms. The monoisotopic (exact) mass is 1450 g/mol. The molecule has 0 aromatic carbocycles. The van der Waals surface area contributed by atoms with Crippen LogP contribution in [0.1, 0.15) is 348 Å². The number of phosphoric acid groups is 2. The minimum absolute atomic E-state index is 0.0998. The van der Waals surface area contributed by atoms with Crippen LogP contribution in [0.5, 0.6) is 0 Å². The SMILES string of the molecule is CCCCC/C=C\C/C=C\CCCCCCCC(=O)OC[C@H](COP(=O)(O)OC[C@@H](O)COP(=O)(O)OC[C@@H](COCCCCCCCCC/C=C\CCCCCCC=O)OCCCCCCCCC/C=C\CCCCCCC=O)OC(=O)CCCCCCC/C=C\C/C=C\CCCCC. The van der Waals surface area contributed by atoms with Crippen molar-refractivity contribution in [2.75, 3.05) is 52.9 Å². The standard InChI is InChI=1S/C81H146O17P2/c1-3-5-7-9-11-13-15-17-23-29-35-41-47-53-59-65-80(85)93-74-79(98-81(86)66-60-54-48-42-36-30-24-18-16-14-12-10-8-6-4-2)76-97-100(89,90)95-72-77(84)71-94-99(87,88)96-75-78(92-70-64-58-52-46-40-34-28-22-20-26-32-38-44-50-56-62-68-83)73-91-69-63-57-51-45-39-33-27-21-19-25-31-37-43-49-55-61-67-82/h11-14,17-20,23-26,67-68,77-79,84H,3-10,15-16,21-22,27-66,69-76H2,1-2H3,(H,87,88)(H,89,90)/b13-11-,14-12-,23-17-,24-18-,25-19-,26-20-/t77-,78+,79+/m0/s1. The van der Waals surface area contributed by atoms with E-state index in [2.05, 4.69) is 86.8 Å². The maximum absolute atomic E-state index is 13.1. The number of allylic oxidation sites excluding steroid dienone is 12. The third kappa shape index (κ3) is 76.0. The van der Waals surface area contributed by atoms with E-state index >= 15 is 0 Å². The van der Waals surface area contributed by atoms with Crippen molar-refractivity contribution in [3.8, 4) is 0 Å². The van der Waals surface area contributed by atoms with Gasteiger partial charge in [0.05, 0.1) is 33.0 Å². The molecule has 0 heterocycles. The molecular weight excluding hydrogens is 1310 g/mol. The van der Waals surface area contributed by atoms with Gasteiger partial charge in [-0.05, 0) is 154 Å². The lowest BCUT2D eigenvalue weighted by atomic mass is 10.1. The van der Waals surface area contributed by atoms with Crippen LogP contribution in [-0.4, -0.2) is 111 Å². The number of hydrogen-bond acceptors (Lipinski definition) is 15. The van der Waals surface area contributed by atoms with Crippen molar-refractivity contribution in [1.82, 2.24) is 0 Å². The topological polar surface area (TPSA) is 237 Å². The summed E-state index contributed by atoms with van der Waals surface area (Å²) in [6, 6.07) is 0. The fourth-order valence-electron chi connectivity index (χ4n) is 11.0. The van der Waals surface area contributed by atoms with Gasteiger partial charge in [-0.25, -0.2) is 9.13 Å². The lowest BCUT2D eigenvalue weighted by Crippen LogP contribution is -2.30. The Hall–Kier alpha value is -3.18. The van der Waals surface area contributed by atoms with Gasteiger partial charge < -0.3 is 43.4 Å². The van der Waals surface area contributed by atoms with E-state index in [1.165, 1.54) is 109 Å². The molecule has 0 aliphatic heterocycles. The lowest BCUT2D eigenvalue weighted by Gasteiger charge is -2.21. The average molecular weight is 1450 g/mol. The predicted molar refractivity (Wildman–Crippen MR) is 409 cm³/mol. The number of carbonyl (C=O) groups is 4. The van der Waals surface area contributed by atoms with Crippen LogP contribution in [0.15, 0.2) is 72.9 Å². The first-order chi connectivity index (χ1) is 48.9. The van der Waals surface area contributed by atoms with E-state index in [1.807, 2.05) is 0 Å². The van der Waals surface area contributed by atoms with Crippen molar-refractivity contribution in [2.45, 2.75) is 366 Å². The number of unbranched alkanes of at least 4 members (excludes halogenated alkanes) is 40. The number of carbonyl (C=O) groups excluding carboxylic acids is 4. The predicted octanol–water partition coefficient (Wildman–Crippen LogP) is 22.5. The van der Waals surface area contributed by atoms with E-state index in [0.717, 1.165) is 199 Å². The number of hydrogen-bond donors (Lipinski definition) is 3. The Morgan fingerprint density at radius 2 is 0.630 bits per heavy atom. The zero-order chi connectivity index (χ0) is 72.9. The molecular formula is C81H146O17P2. The van der Waals surface area contributed by atoms with Gasteiger partial charge in [-0.15, -0.1) is 0 Å². The molecule has 582 valence electrons.